The van der Waals surface area contributed by atoms with Crippen molar-refractivity contribution in [1.29, 1.82) is 0 Å². The molecule has 0 aliphatic rings. The summed E-state index contributed by atoms with van der Waals surface area (Å²) in [6.45, 7) is 3.59. The fourth-order valence-corrected chi connectivity index (χ4v) is 2.03. The largest absolute Gasteiger partial charge is 0.353 e. The van der Waals surface area contributed by atoms with Crippen LogP contribution in [0.3, 0.4) is 0 Å². The highest BCUT2D eigenvalue weighted by Gasteiger charge is 2.12. The lowest BCUT2D eigenvalue weighted by atomic mass is 10.1. The van der Waals surface area contributed by atoms with Gasteiger partial charge in [0.2, 0.25) is 5.95 Å². The second-order valence-corrected chi connectivity index (χ2v) is 5.63. The maximum Gasteiger partial charge on any atom is 0.254 e. The minimum atomic E-state index is -0.179. The van der Waals surface area contributed by atoms with Crippen molar-refractivity contribution in [3.05, 3.63) is 53.9 Å². The van der Waals surface area contributed by atoms with E-state index in [-0.39, 0.29) is 11.9 Å². The van der Waals surface area contributed by atoms with Crippen molar-refractivity contribution >= 4 is 11.9 Å². The van der Waals surface area contributed by atoms with Crippen LogP contribution in [0.5, 0.6) is 0 Å². The number of nitrogens with zero attached hydrogens (tertiary/aromatic N) is 3. The lowest BCUT2D eigenvalue weighted by Crippen LogP contribution is -2.27. The van der Waals surface area contributed by atoms with Crippen LogP contribution in [-0.4, -0.2) is 48.0 Å². The molecule has 0 radical (unpaired) electrons. The summed E-state index contributed by atoms with van der Waals surface area (Å²) in [6, 6.07) is 9.76. The lowest BCUT2D eigenvalue weighted by Gasteiger charge is -2.14. The molecule has 2 rings (SSSR count). The Balaban J connectivity index is 1.90. The average molecular weight is 313 g/mol. The number of rotatable bonds is 7. The maximum absolute atomic E-state index is 12.2. The van der Waals surface area contributed by atoms with E-state index in [1.807, 2.05) is 51.4 Å². The molecule has 1 aromatic heterocycles. The molecule has 6 nitrogen and oxygen atoms in total. The monoisotopic (exact) mass is 313 g/mol. The summed E-state index contributed by atoms with van der Waals surface area (Å²) in [6.07, 6.45) is 3.08. The van der Waals surface area contributed by atoms with Crippen LogP contribution in [0.4, 0.5) is 5.95 Å². The molecule has 2 aromatic rings. The van der Waals surface area contributed by atoms with Crippen LogP contribution in [-0.2, 0) is 0 Å². The molecule has 0 aliphatic heterocycles. The number of aromatic nitrogens is 2. The summed E-state index contributed by atoms with van der Waals surface area (Å²) in [5.74, 6) is 0.348. The fraction of sp³-hybridized carbons (Fsp3) is 0.353. The molecule has 1 heterocycles. The van der Waals surface area contributed by atoms with Gasteiger partial charge in [0.15, 0.2) is 0 Å². The van der Waals surface area contributed by atoms with Crippen LogP contribution in [0.2, 0.25) is 0 Å². The molecular formula is C17H23N5O. The summed E-state index contributed by atoms with van der Waals surface area (Å²) in [5.41, 5.74) is 1.51. The van der Waals surface area contributed by atoms with E-state index >= 15 is 0 Å². The summed E-state index contributed by atoms with van der Waals surface area (Å²) >= 11 is 0. The molecule has 1 unspecified atom stereocenters. The van der Waals surface area contributed by atoms with Crippen molar-refractivity contribution in [2.24, 2.45) is 0 Å². The van der Waals surface area contributed by atoms with Crippen molar-refractivity contribution in [3.63, 3.8) is 0 Å². The van der Waals surface area contributed by atoms with Gasteiger partial charge >= 0.3 is 0 Å². The lowest BCUT2D eigenvalue weighted by molar-refractivity contribution is 0.0939. The maximum atomic E-state index is 12.2. The van der Waals surface area contributed by atoms with E-state index in [0.717, 1.165) is 18.7 Å². The normalized spacial score (nSPS) is 12.0. The van der Waals surface area contributed by atoms with Crippen LogP contribution >= 0.6 is 0 Å². The van der Waals surface area contributed by atoms with Gasteiger partial charge in [0.1, 0.15) is 0 Å². The number of benzene rings is 1. The summed E-state index contributed by atoms with van der Waals surface area (Å²) < 4.78 is 0. The molecule has 6 heteroatoms. The van der Waals surface area contributed by atoms with E-state index in [1.165, 1.54) is 12.4 Å². The highest BCUT2D eigenvalue weighted by atomic mass is 16.1. The number of nitrogens with one attached hydrogen (secondary N) is 2. The van der Waals surface area contributed by atoms with Gasteiger partial charge < -0.3 is 15.5 Å². The zero-order valence-electron chi connectivity index (χ0n) is 13.8. The van der Waals surface area contributed by atoms with E-state index in [1.54, 1.807) is 0 Å². The smallest absolute Gasteiger partial charge is 0.254 e. The quantitative estimate of drug-likeness (QED) is 0.817. The van der Waals surface area contributed by atoms with Crippen LogP contribution in [0.15, 0.2) is 42.7 Å². The Labute approximate surface area is 137 Å². The third-order valence-corrected chi connectivity index (χ3v) is 3.40. The van der Waals surface area contributed by atoms with Gasteiger partial charge in [0.25, 0.3) is 5.91 Å². The number of likely N-dealkylation sites (N-methyl/N-ethyl adjacent to an activating group) is 1. The van der Waals surface area contributed by atoms with Crippen molar-refractivity contribution in [1.82, 2.24) is 20.2 Å². The van der Waals surface area contributed by atoms with E-state index < -0.39 is 0 Å². The molecule has 122 valence electrons. The van der Waals surface area contributed by atoms with Gasteiger partial charge in [-0.25, -0.2) is 9.97 Å². The second-order valence-electron chi connectivity index (χ2n) is 5.63. The predicted octanol–water partition coefficient (Wildman–Crippen LogP) is 1.94. The van der Waals surface area contributed by atoms with Crippen molar-refractivity contribution in [3.8, 4) is 0 Å². The SMILES string of the molecule is CC(NC(=O)c1cnc(NCCN(C)C)nc1)c1ccccc1. The van der Waals surface area contributed by atoms with Crippen LogP contribution in [0.1, 0.15) is 28.9 Å². The first-order valence-corrected chi connectivity index (χ1v) is 7.62. The molecule has 0 aliphatic carbocycles. The third-order valence-electron chi connectivity index (χ3n) is 3.40. The molecule has 2 N–H and O–H groups in total. The molecule has 1 atom stereocenters. The van der Waals surface area contributed by atoms with Gasteiger partial charge in [-0.2, -0.15) is 0 Å². The van der Waals surface area contributed by atoms with E-state index in [0.29, 0.717) is 11.5 Å². The Morgan fingerprint density at radius 3 is 2.43 bits per heavy atom. The molecular weight excluding hydrogens is 290 g/mol. The predicted molar refractivity (Wildman–Crippen MR) is 91.4 cm³/mol. The molecule has 0 bridgehead atoms. The molecule has 0 saturated carbocycles. The van der Waals surface area contributed by atoms with Crippen LogP contribution < -0.4 is 10.6 Å². The number of anilines is 1. The minimum Gasteiger partial charge on any atom is -0.353 e. The van der Waals surface area contributed by atoms with Crippen molar-refractivity contribution in [2.45, 2.75) is 13.0 Å². The van der Waals surface area contributed by atoms with Crippen molar-refractivity contribution in [2.75, 3.05) is 32.5 Å². The Morgan fingerprint density at radius 1 is 1.17 bits per heavy atom. The Bertz CT molecular complexity index is 613. The van der Waals surface area contributed by atoms with Gasteiger partial charge in [0.05, 0.1) is 11.6 Å². The minimum absolute atomic E-state index is 0.0680. The Morgan fingerprint density at radius 2 is 1.83 bits per heavy atom. The number of carbonyl (C=O) groups excluding carboxylic acids is 1. The average Bonchev–Trinajstić information content (AvgIpc) is 2.56. The molecule has 1 aromatic carbocycles. The first kappa shape index (κ1) is 16.9. The molecule has 23 heavy (non-hydrogen) atoms. The third kappa shape index (κ3) is 5.34. The molecule has 0 spiro atoms. The van der Waals surface area contributed by atoms with E-state index in [9.17, 15) is 4.79 Å². The number of hydrogen-bond donors (Lipinski definition) is 2. The van der Waals surface area contributed by atoms with Crippen molar-refractivity contribution < 1.29 is 4.79 Å². The zero-order valence-corrected chi connectivity index (χ0v) is 13.8. The number of carbonyl (C=O) groups is 1. The molecule has 0 saturated heterocycles. The fourth-order valence-electron chi connectivity index (χ4n) is 2.03. The van der Waals surface area contributed by atoms with Gasteiger partial charge in [-0.1, -0.05) is 30.3 Å². The number of amides is 1. The molecule has 1 amide bonds. The Hall–Kier alpha value is -2.47. The Kier molecular flexibility index (Phi) is 6.05. The number of hydrogen-bond acceptors (Lipinski definition) is 5. The highest BCUT2D eigenvalue weighted by Crippen LogP contribution is 2.12. The molecule has 0 fully saturated rings. The zero-order chi connectivity index (χ0) is 16.7. The van der Waals surface area contributed by atoms with Gasteiger partial charge in [-0.15, -0.1) is 0 Å². The second kappa shape index (κ2) is 8.24. The van der Waals surface area contributed by atoms with Crippen LogP contribution in [0, 0.1) is 0 Å². The summed E-state index contributed by atoms with van der Waals surface area (Å²) in [7, 11) is 4.01. The summed E-state index contributed by atoms with van der Waals surface area (Å²) in [4.78, 5) is 22.6. The first-order valence-electron chi connectivity index (χ1n) is 7.62. The van der Waals surface area contributed by atoms with E-state index in [2.05, 4.69) is 25.5 Å². The van der Waals surface area contributed by atoms with E-state index in [4.69, 9.17) is 0 Å². The van der Waals surface area contributed by atoms with Gasteiger partial charge in [-0.3, -0.25) is 4.79 Å². The highest BCUT2D eigenvalue weighted by molar-refractivity contribution is 5.93. The van der Waals surface area contributed by atoms with Gasteiger partial charge in [0, 0.05) is 25.5 Å². The first-order chi connectivity index (χ1) is 11.1. The van der Waals surface area contributed by atoms with Gasteiger partial charge in [-0.05, 0) is 26.6 Å². The standard InChI is InChI=1S/C17H23N5O/c1-13(14-7-5-4-6-8-14)21-16(23)15-11-19-17(20-12-15)18-9-10-22(2)3/h4-8,11-13H,9-10H2,1-3H3,(H,21,23)(H,18,19,20). The topological polar surface area (TPSA) is 70.2 Å². The van der Waals surface area contributed by atoms with Crippen LogP contribution in [0.25, 0.3) is 0 Å². The summed E-state index contributed by atoms with van der Waals surface area (Å²) in [5, 5.41) is 6.06.